The maximum atomic E-state index is 12.6. The number of nitrogen functional groups attached to an aromatic ring is 1. The molecule has 2 N–H and O–H groups in total. The van der Waals surface area contributed by atoms with Crippen LogP contribution in [0.5, 0.6) is 0 Å². The van der Waals surface area contributed by atoms with E-state index in [2.05, 4.69) is 10.00 Å². The Morgan fingerprint density at radius 2 is 2.05 bits per heavy atom. The van der Waals surface area contributed by atoms with Gasteiger partial charge in [0.05, 0.1) is 0 Å². The zero-order valence-electron chi connectivity index (χ0n) is 12.3. The molecular formula is C12H23N5O2S. The van der Waals surface area contributed by atoms with Gasteiger partial charge in [-0.3, -0.25) is 4.68 Å². The number of hydrogen-bond donors (Lipinski definition) is 1. The molecule has 0 bridgehead atoms. The van der Waals surface area contributed by atoms with Crippen LogP contribution in [0.4, 0.5) is 5.82 Å². The van der Waals surface area contributed by atoms with Crippen molar-refractivity contribution in [2.24, 2.45) is 0 Å². The lowest BCUT2D eigenvalue weighted by atomic mass is 10.1. The third kappa shape index (κ3) is 2.82. The van der Waals surface area contributed by atoms with Gasteiger partial charge >= 0.3 is 0 Å². The van der Waals surface area contributed by atoms with Crippen molar-refractivity contribution < 1.29 is 8.42 Å². The Labute approximate surface area is 120 Å². The van der Waals surface area contributed by atoms with Gasteiger partial charge in [-0.2, -0.15) is 9.40 Å². The Morgan fingerprint density at radius 1 is 1.45 bits per heavy atom. The van der Waals surface area contributed by atoms with Gasteiger partial charge in [-0.25, -0.2) is 8.42 Å². The molecule has 2 rings (SSSR count). The molecule has 8 heteroatoms. The Hall–Kier alpha value is -1.12. The molecule has 0 spiro atoms. The van der Waals surface area contributed by atoms with Crippen LogP contribution in [0.15, 0.2) is 11.1 Å². The highest BCUT2D eigenvalue weighted by molar-refractivity contribution is 7.89. The Balaban J connectivity index is 2.22. The minimum Gasteiger partial charge on any atom is -0.381 e. The molecule has 0 aromatic carbocycles. The number of piperidine rings is 1. The number of aromatic nitrogens is 2. The lowest BCUT2D eigenvalue weighted by molar-refractivity contribution is 0.197. The molecule has 0 saturated carbocycles. The summed E-state index contributed by atoms with van der Waals surface area (Å²) in [5, 5.41) is 4.02. The van der Waals surface area contributed by atoms with Gasteiger partial charge in [0.2, 0.25) is 10.0 Å². The second-order valence-electron chi connectivity index (χ2n) is 5.29. The van der Waals surface area contributed by atoms with Crippen LogP contribution in [-0.4, -0.2) is 60.6 Å². The molecule has 1 fully saturated rings. The van der Waals surface area contributed by atoms with Crippen molar-refractivity contribution in [1.82, 2.24) is 19.0 Å². The summed E-state index contributed by atoms with van der Waals surface area (Å²) < 4.78 is 28.3. The Morgan fingerprint density at radius 3 is 2.55 bits per heavy atom. The van der Waals surface area contributed by atoms with E-state index >= 15 is 0 Å². The predicted molar refractivity (Wildman–Crippen MR) is 77.8 cm³/mol. The highest BCUT2D eigenvalue weighted by Gasteiger charge is 2.32. The maximum Gasteiger partial charge on any atom is 0.248 e. The zero-order chi connectivity index (χ0) is 14.9. The Bertz CT molecular complexity index is 560. The Kier molecular flexibility index (Phi) is 4.36. The molecular weight excluding hydrogens is 278 g/mol. The summed E-state index contributed by atoms with van der Waals surface area (Å²) in [6.07, 6.45) is 3.19. The van der Waals surface area contributed by atoms with Crippen molar-refractivity contribution in [3.8, 4) is 0 Å². The van der Waals surface area contributed by atoms with Gasteiger partial charge in [-0.05, 0) is 39.9 Å². The van der Waals surface area contributed by atoms with E-state index in [4.69, 9.17) is 5.73 Å². The number of rotatable bonds is 4. The summed E-state index contributed by atoms with van der Waals surface area (Å²) in [4.78, 5) is 2.32. The third-order valence-corrected chi connectivity index (χ3v) is 5.87. The van der Waals surface area contributed by atoms with Crippen LogP contribution in [0.3, 0.4) is 0 Å². The molecule has 0 atom stereocenters. The first-order valence-electron chi connectivity index (χ1n) is 6.85. The number of nitrogens with two attached hydrogens (primary N) is 1. The van der Waals surface area contributed by atoms with E-state index in [9.17, 15) is 8.42 Å². The lowest BCUT2D eigenvalue weighted by Gasteiger charge is -2.34. The van der Waals surface area contributed by atoms with Crippen LogP contribution in [0.2, 0.25) is 0 Å². The number of sulfonamides is 1. The predicted octanol–water partition coefficient (Wildman–Crippen LogP) is 0.200. The van der Waals surface area contributed by atoms with Crippen LogP contribution in [-0.2, 0) is 16.6 Å². The largest absolute Gasteiger partial charge is 0.381 e. The van der Waals surface area contributed by atoms with Gasteiger partial charge in [0.25, 0.3) is 0 Å². The summed E-state index contributed by atoms with van der Waals surface area (Å²) in [7, 11) is 0.113. The zero-order valence-corrected chi connectivity index (χ0v) is 13.1. The van der Waals surface area contributed by atoms with E-state index in [1.807, 2.05) is 14.0 Å². The van der Waals surface area contributed by atoms with Gasteiger partial charge in [-0.15, -0.1) is 0 Å². The summed E-state index contributed by atoms with van der Waals surface area (Å²) in [5.74, 6) is 0.0756. The molecule has 20 heavy (non-hydrogen) atoms. The quantitative estimate of drug-likeness (QED) is 0.859. The van der Waals surface area contributed by atoms with Gasteiger partial charge < -0.3 is 10.6 Å². The molecule has 0 radical (unpaired) electrons. The van der Waals surface area contributed by atoms with E-state index in [1.54, 1.807) is 11.7 Å². The van der Waals surface area contributed by atoms with E-state index in [1.165, 1.54) is 10.5 Å². The topological polar surface area (TPSA) is 84.5 Å². The van der Waals surface area contributed by atoms with Crippen LogP contribution in [0.1, 0.15) is 19.8 Å². The van der Waals surface area contributed by atoms with Gasteiger partial charge in [0, 0.05) is 25.8 Å². The lowest BCUT2D eigenvalue weighted by Crippen LogP contribution is -2.44. The van der Waals surface area contributed by atoms with Crippen LogP contribution in [0, 0.1) is 0 Å². The molecule has 1 aromatic heterocycles. The average molecular weight is 301 g/mol. The fourth-order valence-corrected chi connectivity index (χ4v) is 3.96. The second-order valence-corrected chi connectivity index (χ2v) is 7.26. The number of anilines is 1. The normalized spacial score (nSPS) is 18.8. The molecule has 1 saturated heterocycles. The van der Waals surface area contributed by atoms with Crippen molar-refractivity contribution in [2.45, 2.75) is 37.2 Å². The summed E-state index contributed by atoms with van der Waals surface area (Å²) in [5.41, 5.74) is 5.75. The van der Waals surface area contributed by atoms with E-state index in [-0.39, 0.29) is 16.8 Å². The van der Waals surface area contributed by atoms with Crippen molar-refractivity contribution in [1.29, 1.82) is 0 Å². The molecule has 1 aromatic rings. The van der Waals surface area contributed by atoms with Gasteiger partial charge in [0.15, 0.2) is 5.82 Å². The molecule has 1 aliphatic rings. The maximum absolute atomic E-state index is 12.6. The summed E-state index contributed by atoms with van der Waals surface area (Å²) in [6, 6.07) is 0.0283. The van der Waals surface area contributed by atoms with E-state index in [0.717, 1.165) is 25.9 Å². The number of hydrogen-bond acceptors (Lipinski definition) is 5. The molecule has 114 valence electrons. The molecule has 0 aliphatic carbocycles. The fourth-order valence-electron chi connectivity index (χ4n) is 2.49. The van der Waals surface area contributed by atoms with Crippen LogP contribution in [0.25, 0.3) is 0 Å². The number of aryl methyl sites for hydroxylation is 1. The van der Waals surface area contributed by atoms with Gasteiger partial charge in [-0.1, -0.05) is 0 Å². The van der Waals surface area contributed by atoms with Crippen molar-refractivity contribution in [3.63, 3.8) is 0 Å². The van der Waals surface area contributed by atoms with Crippen molar-refractivity contribution >= 4 is 15.8 Å². The first-order valence-corrected chi connectivity index (χ1v) is 8.29. The first-order chi connectivity index (χ1) is 9.36. The smallest absolute Gasteiger partial charge is 0.248 e. The van der Waals surface area contributed by atoms with E-state index < -0.39 is 10.0 Å². The molecule has 1 aliphatic heterocycles. The molecule has 2 heterocycles. The van der Waals surface area contributed by atoms with Gasteiger partial charge in [0.1, 0.15) is 4.90 Å². The molecule has 7 nitrogen and oxygen atoms in total. The fraction of sp³-hybridized carbons (Fsp3) is 0.750. The monoisotopic (exact) mass is 301 g/mol. The summed E-state index contributed by atoms with van der Waals surface area (Å²) >= 11 is 0. The SMILES string of the molecule is CCn1cc(S(=O)(=O)N(C)C2CCN(C)CC2)c(N)n1. The highest BCUT2D eigenvalue weighted by atomic mass is 32.2. The number of nitrogens with zero attached hydrogens (tertiary/aromatic N) is 4. The molecule has 0 amide bonds. The van der Waals surface area contributed by atoms with Crippen molar-refractivity contribution in [3.05, 3.63) is 6.20 Å². The standard InChI is InChI=1S/C12H23N5O2S/c1-4-17-9-11(12(13)14-17)20(18,19)16(3)10-5-7-15(2)8-6-10/h9-10H,4-8H2,1-3H3,(H2,13,14). The number of likely N-dealkylation sites (tertiary alicyclic amines) is 1. The van der Waals surface area contributed by atoms with E-state index in [0.29, 0.717) is 6.54 Å². The highest BCUT2D eigenvalue weighted by Crippen LogP contribution is 2.25. The van der Waals surface area contributed by atoms with Crippen LogP contribution < -0.4 is 5.73 Å². The summed E-state index contributed by atoms with van der Waals surface area (Å²) in [6.45, 7) is 4.31. The van der Waals surface area contributed by atoms with Crippen LogP contribution >= 0.6 is 0 Å². The third-order valence-electron chi connectivity index (χ3n) is 3.94. The first kappa shape index (κ1) is 15.3. The minimum absolute atomic E-state index is 0.0283. The minimum atomic E-state index is -3.57. The molecule has 0 unspecified atom stereocenters. The second kappa shape index (κ2) is 5.71. The van der Waals surface area contributed by atoms with Crippen molar-refractivity contribution in [2.75, 3.05) is 32.9 Å². The average Bonchev–Trinajstić information content (AvgIpc) is 2.81.